The van der Waals surface area contributed by atoms with Gasteiger partial charge in [-0.1, -0.05) is 18.2 Å². The Balaban J connectivity index is 2.92. The van der Waals surface area contributed by atoms with Crippen molar-refractivity contribution < 1.29 is 9.90 Å². The second-order valence-electron chi connectivity index (χ2n) is 3.14. The molecular formula is C10H10N2O2. The number of carboxylic acid groups (broad SMARTS) is 1. The lowest BCUT2D eigenvalue weighted by Crippen LogP contribution is -2.06. The number of hydrogen-bond donors (Lipinski definition) is 2. The molecule has 0 aliphatic heterocycles. The zero-order chi connectivity index (χ0) is 10.3. The molecule has 0 amide bonds. The summed E-state index contributed by atoms with van der Waals surface area (Å²) in [6.45, 7) is 0. The molecule has 72 valence electrons. The smallest absolute Gasteiger partial charge is 0.354 e. The summed E-state index contributed by atoms with van der Waals surface area (Å²) in [4.78, 5) is 10.9. The maximum atomic E-state index is 10.9. The molecule has 0 aliphatic rings. The summed E-state index contributed by atoms with van der Waals surface area (Å²) in [7, 11) is 1.70. The highest BCUT2D eigenvalue weighted by atomic mass is 16.4. The highest BCUT2D eigenvalue weighted by Crippen LogP contribution is 2.26. The van der Waals surface area contributed by atoms with E-state index in [1.165, 1.54) is 0 Å². The van der Waals surface area contributed by atoms with Crippen molar-refractivity contribution >= 4 is 22.6 Å². The van der Waals surface area contributed by atoms with Crippen molar-refractivity contribution in [1.29, 1.82) is 0 Å². The molecule has 14 heavy (non-hydrogen) atoms. The Kier molecular flexibility index (Phi) is 1.70. The van der Waals surface area contributed by atoms with Crippen molar-refractivity contribution in [3.63, 3.8) is 0 Å². The van der Waals surface area contributed by atoms with Crippen molar-refractivity contribution in [1.82, 2.24) is 4.57 Å². The lowest BCUT2D eigenvalue weighted by molar-refractivity contribution is 0.0688. The van der Waals surface area contributed by atoms with Crippen molar-refractivity contribution in [2.24, 2.45) is 7.05 Å². The van der Waals surface area contributed by atoms with Crippen LogP contribution in [0.2, 0.25) is 0 Å². The number of hydrogen-bond acceptors (Lipinski definition) is 2. The third-order valence-corrected chi connectivity index (χ3v) is 2.35. The Hall–Kier alpha value is -1.97. The predicted octanol–water partition coefficient (Wildman–Crippen LogP) is 1.46. The fourth-order valence-electron chi connectivity index (χ4n) is 1.68. The van der Waals surface area contributed by atoms with Gasteiger partial charge in [-0.15, -0.1) is 0 Å². The van der Waals surface area contributed by atoms with Gasteiger partial charge in [0.05, 0.1) is 11.2 Å². The van der Waals surface area contributed by atoms with Crippen LogP contribution >= 0.6 is 0 Å². The molecule has 0 fully saturated rings. The first kappa shape index (κ1) is 8.62. The average molecular weight is 190 g/mol. The second-order valence-corrected chi connectivity index (χ2v) is 3.14. The van der Waals surface area contributed by atoms with Gasteiger partial charge < -0.3 is 15.4 Å². The molecule has 0 bridgehead atoms. The third kappa shape index (κ3) is 0.970. The number of anilines is 1. The predicted molar refractivity (Wildman–Crippen MR) is 54.3 cm³/mol. The third-order valence-electron chi connectivity index (χ3n) is 2.35. The Morgan fingerprint density at radius 2 is 2.07 bits per heavy atom. The van der Waals surface area contributed by atoms with Crippen molar-refractivity contribution in [3.05, 3.63) is 30.0 Å². The molecule has 0 atom stereocenters. The minimum absolute atomic E-state index is 0.145. The second kappa shape index (κ2) is 2.77. The van der Waals surface area contributed by atoms with E-state index < -0.39 is 5.97 Å². The summed E-state index contributed by atoms with van der Waals surface area (Å²) in [5.41, 5.74) is 7.05. The first-order chi connectivity index (χ1) is 6.63. The van der Waals surface area contributed by atoms with Crippen LogP contribution < -0.4 is 5.73 Å². The standard InChI is InChI=1S/C10H10N2O2/c1-12-7-5-3-2-4-6(7)8(11)9(12)10(13)14/h2-5H,11H2,1H3,(H,13,14). The van der Waals surface area contributed by atoms with Crippen LogP contribution in [-0.4, -0.2) is 15.6 Å². The Labute approximate surface area is 80.6 Å². The number of aryl methyl sites for hydroxylation is 1. The van der Waals surface area contributed by atoms with E-state index in [9.17, 15) is 4.79 Å². The normalized spacial score (nSPS) is 10.6. The van der Waals surface area contributed by atoms with Crippen molar-refractivity contribution in [2.45, 2.75) is 0 Å². The van der Waals surface area contributed by atoms with Crippen LogP contribution in [0.1, 0.15) is 10.5 Å². The van der Waals surface area contributed by atoms with Gasteiger partial charge in [-0.05, 0) is 6.07 Å². The van der Waals surface area contributed by atoms with Gasteiger partial charge in [-0.25, -0.2) is 4.79 Å². The molecule has 2 rings (SSSR count). The molecule has 4 heteroatoms. The summed E-state index contributed by atoms with van der Waals surface area (Å²) in [5.74, 6) is -0.999. The fourth-order valence-corrected chi connectivity index (χ4v) is 1.68. The molecule has 0 saturated heterocycles. The SMILES string of the molecule is Cn1c(C(=O)O)c(N)c2ccccc21. The van der Waals surface area contributed by atoms with Gasteiger partial charge in [0.2, 0.25) is 0 Å². The van der Waals surface area contributed by atoms with Crippen LogP contribution in [0.25, 0.3) is 10.9 Å². The quantitative estimate of drug-likeness (QED) is 0.715. The molecule has 0 unspecified atom stereocenters. The number of nitrogen functional groups attached to an aromatic ring is 1. The van der Waals surface area contributed by atoms with Gasteiger partial charge in [-0.2, -0.15) is 0 Å². The van der Waals surface area contributed by atoms with E-state index in [-0.39, 0.29) is 5.69 Å². The lowest BCUT2D eigenvalue weighted by atomic mass is 10.2. The largest absolute Gasteiger partial charge is 0.477 e. The Morgan fingerprint density at radius 1 is 1.43 bits per heavy atom. The number of aromatic carboxylic acids is 1. The van der Waals surface area contributed by atoms with Crippen LogP contribution in [-0.2, 0) is 7.05 Å². The fraction of sp³-hybridized carbons (Fsp3) is 0.100. The van der Waals surface area contributed by atoms with E-state index in [0.717, 1.165) is 10.9 Å². The number of aromatic nitrogens is 1. The lowest BCUT2D eigenvalue weighted by Gasteiger charge is -1.98. The molecule has 0 radical (unpaired) electrons. The number of rotatable bonds is 1. The van der Waals surface area contributed by atoms with Crippen LogP contribution in [0.5, 0.6) is 0 Å². The maximum absolute atomic E-state index is 10.9. The first-order valence-corrected chi connectivity index (χ1v) is 4.19. The summed E-state index contributed by atoms with van der Waals surface area (Å²) in [6, 6.07) is 7.35. The zero-order valence-corrected chi connectivity index (χ0v) is 7.69. The van der Waals surface area contributed by atoms with Gasteiger partial charge in [0, 0.05) is 12.4 Å². The molecule has 1 heterocycles. The minimum Gasteiger partial charge on any atom is -0.477 e. The van der Waals surface area contributed by atoms with E-state index in [4.69, 9.17) is 10.8 Å². The van der Waals surface area contributed by atoms with Crippen LogP contribution in [0.15, 0.2) is 24.3 Å². The minimum atomic E-state index is -0.999. The van der Waals surface area contributed by atoms with Crippen LogP contribution in [0.4, 0.5) is 5.69 Å². The van der Waals surface area contributed by atoms with E-state index >= 15 is 0 Å². The summed E-state index contributed by atoms with van der Waals surface area (Å²) in [6.07, 6.45) is 0. The number of carbonyl (C=O) groups is 1. The molecule has 3 N–H and O–H groups in total. The Bertz CT molecular complexity index is 475. The molecule has 1 aromatic heterocycles. The highest BCUT2D eigenvalue weighted by molar-refractivity contribution is 6.05. The topological polar surface area (TPSA) is 68.2 Å². The molecular weight excluding hydrogens is 180 g/mol. The van der Waals surface area contributed by atoms with Crippen LogP contribution in [0, 0.1) is 0 Å². The number of carboxylic acids is 1. The summed E-state index contributed by atoms with van der Waals surface area (Å²) >= 11 is 0. The van der Waals surface area contributed by atoms with E-state index in [1.807, 2.05) is 24.3 Å². The molecule has 0 saturated carbocycles. The average Bonchev–Trinajstić information content (AvgIpc) is 2.41. The van der Waals surface area contributed by atoms with Crippen LogP contribution in [0.3, 0.4) is 0 Å². The van der Waals surface area contributed by atoms with Gasteiger partial charge in [-0.3, -0.25) is 0 Å². The summed E-state index contributed by atoms with van der Waals surface area (Å²) < 4.78 is 1.59. The molecule has 0 aliphatic carbocycles. The monoisotopic (exact) mass is 190 g/mol. The highest BCUT2D eigenvalue weighted by Gasteiger charge is 2.17. The van der Waals surface area contributed by atoms with E-state index in [1.54, 1.807) is 11.6 Å². The number of benzene rings is 1. The molecule has 2 aromatic rings. The van der Waals surface area contributed by atoms with E-state index in [0.29, 0.717) is 5.69 Å². The Morgan fingerprint density at radius 3 is 2.64 bits per heavy atom. The summed E-state index contributed by atoms with van der Waals surface area (Å²) in [5, 5.41) is 9.73. The van der Waals surface area contributed by atoms with Gasteiger partial charge in [0.15, 0.2) is 5.69 Å². The number of fused-ring (bicyclic) bond motifs is 1. The van der Waals surface area contributed by atoms with Crippen molar-refractivity contribution in [3.8, 4) is 0 Å². The number of para-hydroxylation sites is 1. The van der Waals surface area contributed by atoms with Crippen molar-refractivity contribution in [2.75, 3.05) is 5.73 Å². The molecule has 1 aromatic carbocycles. The number of nitrogens with two attached hydrogens (primary N) is 1. The zero-order valence-electron chi connectivity index (χ0n) is 7.69. The molecule has 4 nitrogen and oxygen atoms in total. The molecule has 0 spiro atoms. The first-order valence-electron chi connectivity index (χ1n) is 4.19. The van der Waals surface area contributed by atoms with Gasteiger partial charge in [0.1, 0.15) is 0 Å². The van der Waals surface area contributed by atoms with Gasteiger partial charge >= 0.3 is 5.97 Å². The number of nitrogens with zero attached hydrogens (tertiary/aromatic N) is 1. The van der Waals surface area contributed by atoms with E-state index in [2.05, 4.69) is 0 Å². The maximum Gasteiger partial charge on any atom is 0.354 e. The van der Waals surface area contributed by atoms with Gasteiger partial charge in [0.25, 0.3) is 0 Å².